The summed E-state index contributed by atoms with van der Waals surface area (Å²) in [4.78, 5) is 26.2. The summed E-state index contributed by atoms with van der Waals surface area (Å²) in [5, 5.41) is 0. The van der Waals surface area contributed by atoms with E-state index >= 15 is 0 Å². The van der Waals surface area contributed by atoms with Gasteiger partial charge in [0.2, 0.25) is 0 Å². The molecule has 12 heteroatoms. The van der Waals surface area contributed by atoms with Gasteiger partial charge in [-0.1, -0.05) is 0 Å². The first-order valence-corrected chi connectivity index (χ1v) is 9.44. The molecule has 1 aromatic carbocycles. The van der Waals surface area contributed by atoms with Gasteiger partial charge in [0.25, 0.3) is 0 Å². The van der Waals surface area contributed by atoms with E-state index in [1.807, 2.05) is 0 Å². The molecule has 0 fully saturated rings. The number of ether oxygens (including phenoxy) is 1. The van der Waals surface area contributed by atoms with Crippen LogP contribution in [0.4, 0.5) is 18.9 Å². The summed E-state index contributed by atoms with van der Waals surface area (Å²) < 4.78 is 49.6. The van der Waals surface area contributed by atoms with Crippen molar-refractivity contribution in [3.05, 3.63) is 43.7 Å². The van der Waals surface area contributed by atoms with Crippen molar-refractivity contribution < 1.29 is 37.3 Å². The van der Waals surface area contributed by atoms with E-state index in [1.54, 1.807) is 0 Å². The Morgan fingerprint density at radius 1 is 1.21 bits per heavy atom. The van der Waals surface area contributed by atoms with E-state index in [1.165, 1.54) is 14.1 Å². The number of hydrogen-bond donors (Lipinski definition) is 0. The summed E-state index contributed by atoms with van der Waals surface area (Å²) in [5.74, 6) is 0.696. The minimum atomic E-state index is -3.66. The van der Waals surface area contributed by atoms with Crippen molar-refractivity contribution in [2.75, 3.05) is 11.4 Å². The molecular weight excluding hydrogens is 569 g/mol. The molecule has 2 heterocycles. The summed E-state index contributed by atoms with van der Waals surface area (Å²) in [6, 6.07) is 1.77. The second-order valence-corrected chi connectivity index (χ2v) is 7.54. The van der Waals surface area contributed by atoms with Gasteiger partial charge in [0.1, 0.15) is 0 Å². The zero-order valence-corrected chi connectivity index (χ0v) is 18.2. The second-order valence-electron chi connectivity index (χ2n) is 5.79. The molecule has 146 valence electrons. The van der Waals surface area contributed by atoms with Gasteiger partial charge in [-0.3, -0.25) is 0 Å². The average molecular weight is 580 g/mol. The Kier molecular flexibility index (Phi) is 4.98. The molecule has 1 aromatic heterocycles. The number of halogens is 3. The Morgan fingerprint density at radius 2 is 1.79 bits per heavy atom. The molecule has 0 atom stereocenters. The summed E-state index contributed by atoms with van der Waals surface area (Å²) in [7, 11) is 2.65. The quantitative estimate of drug-likeness (QED) is 0.390. The predicted molar refractivity (Wildman–Crippen MR) is 93.8 cm³/mol. The second kappa shape index (κ2) is 6.86. The summed E-state index contributed by atoms with van der Waals surface area (Å²) in [6.45, 7) is -0.234. The molecule has 28 heavy (non-hydrogen) atoms. The number of hydrogen-bond acceptors (Lipinski definition) is 5. The molecule has 7 nitrogen and oxygen atoms in total. The van der Waals surface area contributed by atoms with E-state index < -0.39 is 38.8 Å². The van der Waals surface area contributed by atoms with Crippen molar-refractivity contribution in [2.45, 2.75) is 6.11 Å². The van der Waals surface area contributed by atoms with Crippen molar-refractivity contribution in [3.8, 4) is 23.8 Å². The zero-order chi connectivity index (χ0) is 21.0. The first-order valence-electron chi connectivity index (χ1n) is 7.56. The van der Waals surface area contributed by atoms with Crippen LogP contribution in [0.15, 0.2) is 21.7 Å². The fourth-order valence-electron chi connectivity index (χ4n) is 2.67. The molecule has 3 rings (SSSR count). The van der Waals surface area contributed by atoms with Gasteiger partial charge >= 0.3 is 172 Å². The number of terminal acetylenes is 1. The van der Waals surface area contributed by atoms with Gasteiger partial charge in [-0.15, -0.1) is 0 Å². The van der Waals surface area contributed by atoms with Gasteiger partial charge in [-0.25, -0.2) is 0 Å². The van der Waals surface area contributed by atoms with Crippen molar-refractivity contribution >= 4 is 21.9 Å². The van der Waals surface area contributed by atoms with Gasteiger partial charge in [0.15, 0.2) is 0 Å². The first kappa shape index (κ1) is 20.3. The van der Waals surface area contributed by atoms with Crippen LogP contribution in [0.25, 0.3) is 5.69 Å². The molecular formula is C16H11F3N4O3SW. The first-order chi connectivity index (χ1) is 13.0. The number of fused-ring (bicyclic) bond motifs is 1. The third kappa shape index (κ3) is 2.97. The van der Waals surface area contributed by atoms with Crippen molar-refractivity contribution in [3.63, 3.8) is 0 Å². The molecule has 0 saturated heterocycles. The van der Waals surface area contributed by atoms with Crippen molar-refractivity contribution in [2.24, 2.45) is 14.1 Å². The fourth-order valence-corrected chi connectivity index (χ4v) is 3.56. The van der Waals surface area contributed by atoms with Gasteiger partial charge in [0.05, 0.1) is 0 Å². The van der Waals surface area contributed by atoms with Crippen molar-refractivity contribution in [1.29, 1.82) is 0 Å². The Balaban J connectivity index is 2.37. The number of benzene rings is 1. The molecule has 0 amide bonds. The van der Waals surface area contributed by atoms with Crippen LogP contribution >= 0.6 is 12.2 Å². The Labute approximate surface area is 172 Å². The minimum absolute atomic E-state index is 0.0179. The molecule has 0 N–H and O–H groups in total. The summed E-state index contributed by atoms with van der Waals surface area (Å²) in [5.41, 5.74) is -2.19. The third-order valence-corrected chi connectivity index (χ3v) is 6.27. The molecule has 2 aromatic rings. The van der Waals surface area contributed by atoms with Gasteiger partial charge in [0, 0.05) is 0 Å². The SMILES string of the molecule is C#CCN1[C](=[W])C(F)(F)Oc2cc(F)c(-n3c(=O)n(C)c(=S)n(C)c3=O)cc21. The summed E-state index contributed by atoms with van der Waals surface area (Å²) in [6.07, 6.45) is 1.62. The molecule has 0 unspecified atom stereocenters. The number of alkyl halides is 2. The zero-order valence-electron chi connectivity index (χ0n) is 14.4. The molecule has 0 saturated carbocycles. The molecule has 1 aliphatic rings. The van der Waals surface area contributed by atoms with Crippen LogP contribution in [-0.2, 0) is 33.4 Å². The number of anilines is 1. The standard InChI is InChI=1S/C16H11F3N4O3S.W/c1-4-5-22-8-16(18,19)26-12-6-9(17)10(7-11(12)22)23-13(24)20(2)15(27)21(3)14(23)25;/h1,6-7H,5H2,2-3H3;. The van der Waals surface area contributed by atoms with E-state index in [0.29, 0.717) is 30.0 Å². The van der Waals surface area contributed by atoms with Crippen LogP contribution in [0.3, 0.4) is 0 Å². The molecule has 0 aliphatic carbocycles. The fraction of sp³-hybridized carbons (Fsp3) is 0.250. The number of nitrogens with zero attached hydrogens (tertiary/aromatic N) is 4. The average Bonchev–Trinajstić information content (AvgIpc) is 2.63. The monoisotopic (exact) mass is 580 g/mol. The van der Waals surface area contributed by atoms with E-state index in [9.17, 15) is 22.8 Å². The third-order valence-electron chi connectivity index (χ3n) is 4.07. The Morgan fingerprint density at radius 3 is 2.32 bits per heavy atom. The number of rotatable bonds is 2. The Hall–Kier alpha value is -2.44. The molecule has 1 aliphatic heterocycles. The van der Waals surface area contributed by atoms with E-state index in [-0.39, 0.29) is 17.0 Å². The van der Waals surface area contributed by atoms with Crippen LogP contribution in [0, 0.1) is 22.9 Å². The van der Waals surface area contributed by atoms with E-state index in [2.05, 4.69) is 10.7 Å². The van der Waals surface area contributed by atoms with Crippen molar-refractivity contribution in [1.82, 2.24) is 13.7 Å². The van der Waals surface area contributed by atoms with Crippen LogP contribution in [0.5, 0.6) is 5.75 Å². The van der Waals surface area contributed by atoms with E-state index in [4.69, 9.17) is 18.6 Å². The normalized spacial score (nSPS) is 15.0. The van der Waals surface area contributed by atoms with E-state index in [0.717, 1.165) is 20.1 Å². The maximum absolute atomic E-state index is 14.7. The number of aromatic nitrogens is 3. The Bertz CT molecular complexity index is 1200. The molecule has 0 spiro atoms. The van der Waals surface area contributed by atoms with Crippen LogP contribution < -0.4 is 21.0 Å². The summed E-state index contributed by atoms with van der Waals surface area (Å²) >= 11 is 5.38. The van der Waals surface area contributed by atoms with Gasteiger partial charge < -0.3 is 0 Å². The van der Waals surface area contributed by atoms with Gasteiger partial charge in [-0.05, 0) is 0 Å². The van der Waals surface area contributed by atoms with Crippen LogP contribution in [0.2, 0.25) is 0 Å². The van der Waals surface area contributed by atoms with Gasteiger partial charge in [-0.2, -0.15) is 0 Å². The van der Waals surface area contributed by atoms with Crippen LogP contribution in [0.1, 0.15) is 0 Å². The molecule has 0 radical (unpaired) electrons. The maximum atomic E-state index is 14.7. The topological polar surface area (TPSA) is 61.4 Å². The predicted octanol–water partition coefficient (Wildman–Crippen LogP) is 0.845. The molecule has 0 bridgehead atoms. The van der Waals surface area contributed by atoms with Crippen LogP contribution in [-0.4, -0.2) is 30.4 Å².